The Morgan fingerprint density at radius 2 is 1.32 bits per heavy atom. The summed E-state index contributed by atoms with van der Waals surface area (Å²) in [5.41, 5.74) is -3.45. The molecule has 0 bridgehead atoms. The van der Waals surface area contributed by atoms with Gasteiger partial charge < -0.3 is 24.3 Å². The first-order valence-electron chi connectivity index (χ1n) is 13.0. The average Bonchev–Trinajstić information content (AvgIpc) is 2.80. The van der Waals surface area contributed by atoms with Crippen LogP contribution in [0.3, 0.4) is 0 Å². The lowest BCUT2D eigenvalue weighted by atomic mass is 10.0. The van der Waals surface area contributed by atoms with E-state index < -0.39 is 78.2 Å². The number of ketones is 1. The van der Waals surface area contributed by atoms with Crippen LogP contribution in [0.15, 0.2) is 18.3 Å². The van der Waals surface area contributed by atoms with E-state index in [0.717, 1.165) is 12.3 Å². The Bertz CT molecular complexity index is 1130. The molecule has 44 heavy (non-hydrogen) atoms. The van der Waals surface area contributed by atoms with E-state index in [1.807, 2.05) is 0 Å². The van der Waals surface area contributed by atoms with Crippen LogP contribution in [0.1, 0.15) is 61.0 Å². The third kappa shape index (κ3) is 12.3. The van der Waals surface area contributed by atoms with E-state index >= 15 is 0 Å². The normalized spacial score (nSPS) is 13.7. The van der Waals surface area contributed by atoms with Crippen LogP contribution < -0.4 is 10.2 Å². The Morgan fingerprint density at radius 3 is 1.68 bits per heavy atom. The number of Topliss-reactive ketones (excluding diaryl/α,β-unsaturated/α-hetero) is 1. The molecule has 0 aliphatic heterocycles. The molecule has 1 unspecified atom stereocenters. The number of amides is 3. The number of nitrogens with one attached hydrogen (secondary N) is 1. The van der Waals surface area contributed by atoms with Crippen molar-refractivity contribution in [3.8, 4) is 0 Å². The van der Waals surface area contributed by atoms with Gasteiger partial charge in [0, 0.05) is 19.7 Å². The van der Waals surface area contributed by atoms with Crippen LogP contribution in [0.5, 0.6) is 0 Å². The van der Waals surface area contributed by atoms with Gasteiger partial charge in [-0.05, 0) is 67.0 Å². The molecule has 1 N–H and O–H groups in total. The molecule has 0 aromatic carbocycles. The second-order valence-electron chi connectivity index (χ2n) is 12.0. The van der Waals surface area contributed by atoms with Crippen LogP contribution in [0.25, 0.3) is 0 Å². The Labute approximate surface area is 250 Å². The van der Waals surface area contributed by atoms with Gasteiger partial charge in [-0.1, -0.05) is 6.07 Å². The number of anilines is 1. The third-order valence-corrected chi connectivity index (χ3v) is 5.37. The maximum Gasteiger partial charge on any atom is 0.425 e. The number of methoxy groups -OCH3 is 1. The van der Waals surface area contributed by atoms with Crippen LogP contribution in [0.4, 0.5) is 41.7 Å². The van der Waals surface area contributed by atoms with Gasteiger partial charge in [0.15, 0.2) is 5.78 Å². The fraction of sp³-hybridized carbons (Fsp3) is 0.667. The molecular weight excluding hydrogens is 608 g/mol. The Hall–Kier alpha value is -3.47. The summed E-state index contributed by atoms with van der Waals surface area (Å²) in [5.74, 6) is -2.50. The number of hydrogen-bond donors (Lipinski definition) is 1. The summed E-state index contributed by atoms with van der Waals surface area (Å²) in [5, 5.41) is 2.24. The van der Waals surface area contributed by atoms with Gasteiger partial charge in [-0.15, -0.1) is 0 Å². The van der Waals surface area contributed by atoms with Crippen LogP contribution in [0, 0.1) is 0 Å². The molecule has 11 nitrogen and oxygen atoms in total. The zero-order chi connectivity index (χ0) is 34.5. The van der Waals surface area contributed by atoms with Crippen molar-refractivity contribution in [1.82, 2.24) is 10.3 Å². The molecule has 0 spiro atoms. The first kappa shape index (κ1) is 38.6. The minimum Gasteiger partial charge on any atom is -0.443 e. The number of halogens is 6. The van der Waals surface area contributed by atoms with Gasteiger partial charge in [0.05, 0.1) is 6.04 Å². The minimum atomic E-state index is -5.86. The molecule has 0 aliphatic rings. The van der Waals surface area contributed by atoms with E-state index in [1.165, 1.54) is 27.0 Å². The van der Waals surface area contributed by atoms with E-state index in [1.54, 1.807) is 41.5 Å². The van der Waals surface area contributed by atoms with Crippen molar-refractivity contribution in [3.63, 3.8) is 0 Å². The molecule has 1 atom stereocenters. The molecule has 1 aromatic heterocycles. The SMILES string of the molecule is COC(C)(C)C(=O)NC(Cc1ccc(N(C(=O)OC(C)(C)C)C(=O)OC(C)(C)C)nc1)C(=O)COC(C(F)(F)F)C(F)(F)F. The van der Waals surface area contributed by atoms with Crippen molar-refractivity contribution in [1.29, 1.82) is 0 Å². The van der Waals surface area contributed by atoms with Gasteiger partial charge in [0.2, 0.25) is 6.10 Å². The summed E-state index contributed by atoms with van der Waals surface area (Å²) in [6, 6.07) is 0.720. The third-order valence-electron chi connectivity index (χ3n) is 5.37. The lowest BCUT2D eigenvalue weighted by Crippen LogP contribution is -2.53. The molecule has 0 saturated carbocycles. The summed E-state index contributed by atoms with van der Waals surface area (Å²) in [7, 11) is 1.17. The van der Waals surface area contributed by atoms with Crippen molar-refractivity contribution in [2.75, 3.05) is 18.6 Å². The Morgan fingerprint density at radius 1 is 0.841 bits per heavy atom. The Balaban J connectivity index is 3.37. The average molecular weight is 646 g/mol. The largest absolute Gasteiger partial charge is 0.443 e. The molecule has 17 heteroatoms. The predicted octanol–water partition coefficient (Wildman–Crippen LogP) is 5.29. The highest BCUT2D eigenvalue weighted by Gasteiger charge is 2.58. The van der Waals surface area contributed by atoms with E-state index in [0.29, 0.717) is 4.90 Å². The summed E-state index contributed by atoms with van der Waals surface area (Å²) < 4.78 is 96.9. The van der Waals surface area contributed by atoms with Crippen LogP contribution in [0.2, 0.25) is 0 Å². The molecule has 0 aliphatic carbocycles. The molecule has 0 saturated heterocycles. The number of hydrogen-bond acceptors (Lipinski definition) is 9. The lowest BCUT2D eigenvalue weighted by Gasteiger charge is -2.28. The number of nitrogens with zero attached hydrogens (tertiary/aromatic N) is 2. The second kappa shape index (κ2) is 14.1. The first-order chi connectivity index (χ1) is 19.7. The fourth-order valence-electron chi connectivity index (χ4n) is 3.09. The number of aromatic nitrogens is 1. The smallest absolute Gasteiger partial charge is 0.425 e. The number of alkyl halides is 6. The molecule has 1 aromatic rings. The van der Waals surface area contributed by atoms with Crippen LogP contribution in [-0.4, -0.2) is 83.9 Å². The number of ether oxygens (including phenoxy) is 4. The molecule has 1 rings (SSSR count). The van der Waals surface area contributed by atoms with Gasteiger partial charge in [-0.25, -0.2) is 14.6 Å². The van der Waals surface area contributed by atoms with Gasteiger partial charge >= 0.3 is 24.5 Å². The standard InChI is InChI=1S/C27H37F6N3O8/c1-23(2,3)43-21(39)36(22(40)44-24(4,5)6)18-11-10-15(13-34-18)12-16(35-20(38)25(7,8)41-9)17(37)14-42-19(26(28,29)30)27(31,32)33/h10-11,13,16,19H,12,14H2,1-9H3,(H,35,38). The molecule has 0 fully saturated rings. The van der Waals surface area contributed by atoms with Crippen molar-refractivity contribution in [2.45, 2.75) is 103 Å². The van der Waals surface area contributed by atoms with Crippen molar-refractivity contribution < 1.29 is 64.5 Å². The van der Waals surface area contributed by atoms with E-state index in [9.17, 15) is 45.5 Å². The molecule has 250 valence electrons. The zero-order valence-electron chi connectivity index (χ0n) is 25.7. The van der Waals surface area contributed by atoms with Gasteiger partial charge in [-0.2, -0.15) is 31.2 Å². The molecule has 0 radical (unpaired) electrons. The lowest BCUT2D eigenvalue weighted by molar-refractivity contribution is -0.319. The molecule has 1 heterocycles. The van der Waals surface area contributed by atoms with Crippen molar-refractivity contribution in [3.05, 3.63) is 23.9 Å². The number of carbonyl (C=O) groups excluding carboxylic acids is 4. The summed E-state index contributed by atoms with van der Waals surface area (Å²) in [6.45, 7) is 10.3. The maximum absolute atomic E-state index is 12.9. The summed E-state index contributed by atoms with van der Waals surface area (Å²) in [6.07, 6.45) is -17.6. The fourth-order valence-corrected chi connectivity index (χ4v) is 3.09. The van der Waals surface area contributed by atoms with E-state index in [4.69, 9.17) is 14.2 Å². The highest BCUT2D eigenvalue weighted by Crippen LogP contribution is 2.35. The second-order valence-corrected chi connectivity index (χ2v) is 12.0. The topological polar surface area (TPSA) is 133 Å². The van der Waals surface area contributed by atoms with Gasteiger partial charge in [0.1, 0.15) is 29.2 Å². The van der Waals surface area contributed by atoms with E-state index in [-0.39, 0.29) is 11.4 Å². The highest BCUT2D eigenvalue weighted by atomic mass is 19.4. The summed E-state index contributed by atoms with van der Waals surface area (Å²) >= 11 is 0. The predicted molar refractivity (Wildman–Crippen MR) is 143 cm³/mol. The molecular formula is C27H37F6N3O8. The van der Waals surface area contributed by atoms with Crippen molar-refractivity contribution in [2.24, 2.45) is 0 Å². The number of carbonyl (C=O) groups is 4. The number of pyridine rings is 1. The number of rotatable bonds is 10. The van der Waals surface area contributed by atoms with E-state index in [2.05, 4.69) is 15.0 Å². The van der Waals surface area contributed by atoms with Gasteiger partial charge in [0.25, 0.3) is 5.91 Å². The monoisotopic (exact) mass is 645 g/mol. The first-order valence-corrected chi connectivity index (χ1v) is 13.0. The number of imide groups is 1. The van der Waals surface area contributed by atoms with Crippen LogP contribution in [-0.2, 0) is 35.0 Å². The Kier molecular flexibility index (Phi) is 12.3. The maximum atomic E-state index is 12.9. The quantitative estimate of drug-likeness (QED) is 0.337. The highest BCUT2D eigenvalue weighted by molar-refractivity contribution is 6.08. The minimum absolute atomic E-state index is 0.124. The van der Waals surface area contributed by atoms with Crippen LogP contribution >= 0.6 is 0 Å². The van der Waals surface area contributed by atoms with Gasteiger partial charge in [-0.3, -0.25) is 9.59 Å². The zero-order valence-corrected chi connectivity index (χ0v) is 25.7. The molecule has 3 amide bonds. The summed E-state index contributed by atoms with van der Waals surface area (Å²) in [4.78, 5) is 55.7. The van der Waals surface area contributed by atoms with Crippen molar-refractivity contribution >= 4 is 29.7 Å².